The molecule has 0 bridgehead atoms. The van der Waals surface area contributed by atoms with E-state index in [1.165, 1.54) is 0 Å². The highest BCUT2D eigenvalue weighted by molar-refractivity contribution is 8.05. The summed E-state index contributed by atoms with van der Waals surface area (Å²) in [5.41, 5.74) is 3.44. The van der Waals surface area contributed by atoms with Crippen molar-refractivity contribution >= 4 is 45.0 Å². The summed E-state index contributed by atoms with van der Waals surface area (Å²) in [5.74, 6) is 0.0542. The molecule has 0 aliphatic carbocycles. The molecule has 3 aromatic rings. The van der Waals surface area contributed by atoms with Crippen molar-refractivity contribution in [2.24, 2.45) is 0 Å². The Bertz CT molecular complexity index is 1480. The van der Waals surface area contributed by atoms with E-state index in [4.69, 9.17) is 15.5 Å². The molecule has 0 radical (unpaired) electrons. The van der Waals surface area contributed by atoms with Crippen LogP contribution in [0.5, 0.6) is 5.88 Å². The third kappa shape index (κ3) is 6.21. The number of hydrogen-bond acceptors (Lipinski definition) is 9. The lowest BCUT2D eigenvalue weighted by Gasteiger charge is -2.29. The lowest BCUT2D eigenvalue weighted by Crippen LogP contribution is -2.36. The second kappa shape index (κ2) is 11.5. The number of rotatable bonds is 8. The van der Waals surface area contributed by atoms with E-state index >= 15 is 0 Å². The maximum atomic E-state index is 11.9. The number of fused-ring (bicyclic) bond motifs is 2. The summed E-state index contributed by atoms with van der Waals surface area (Å²) >= 11 is 3.38. The van der Waals surface area contributed by atoms with Gasteiger partial charge in [-0.15, -0.1) is 0 Å². The molecule has 1 fully saturated rings. The Morgan fingerprint density at radius 1 is 1.13 bits per heavy atom. The third-order valence-corrected chi connectivity index (χ3v) is 9.27. The molecule has 0 amide bonds. The number of morpholine rings is 1. The summed E-state index contributed by atoms with van der Waals surface area (Å²) in [6, 6.07) is 16.2. The Morgan fingerprint density at radius 3 is 2.68 bits per heavy atom. The Kier molecular flexibility index (Phi) is 8.04. The lowest BCUT2D eigenvalue weighted by atomic mass is 10.1. The Labute approximate surface area is 232 Å². The Morgan fingerprint density at radius 2 is 1.95 bits per heavy atom. The van der Waals surface area contributed by atoms with Gasteiger partial charge in [-0.1, -0.05) is 42.6 Å². The summed E-state index contributed by atoms with van der Waals surface area (Å²) in [4.78, 5) is 14.8. The first-order valence-electron chi connectivity index (χ1n) is 12.3. The molecule has 2 aliphatic heterocycles. The van der Waals surface area contributed by atoms with Gasteiger partial charge in [0.15, 0.2) is 0 Å². The molecule has 38 heavy (non-hydrogen) atoms. The summed E-state index contributed by atoms with van der Waals surface area (Å²) in [6.07, 6.45) is 1.91. The van der Waals surface area contributed by atoms with Gasteiger partial charge in [0, 0.05) is 55.7 Å². The normalized spacial score (nSPS) is 15.7. The molecule has 2 aliphatic rings. The number of aromatic nitrogens is 1. The molecule has 0 spiro atoms. The molecule has 5 rings (SSSR count). The average Bonchev–Trinajstić information content (AvgIpc) is 2.90. The minimum Gasteiger partial charge on any atom is -0.378 e. The lowest BCUT2D eigenvalue weighted by molar-refractivity contribution is 0.122. The average molecular weight is 569 g/mol. The SMILES string of the molecule is [C-]#[N+]CC(CC)Nc1ccc2c(c1)Sc1cccc(-c3cc(N4CCOCC4)cc(OS(C)(=O)=O)n3)c1S2. The number of ether oxygens (including phenoxy) is 1. The van der Waals surface area contributed by atoms with Gasteiger partial charge in [-0.3, -0.25) is 0 Å². The summed E-state index contributed by atoms with van der Waals surface area (Å²) < 4.78 is 34.6. The maximum absolute atomic E-state index is 11.9. The number of nitrogens with zero attached hydrogens (tertiary/aromatic N) is 3. The van der Waals surface area contributed by atoms with Crippen LogP contribution in [0.4, 0.5) is 11.4 Å². The van der Waals surface area contributed by atoms with Crippen LogP contribution >= 0.6 is 23.5 Å². The summed E-state index contributed by atoms with van der Waals surface area (Å²) in [5, 5.41) is 3.48. The number of benzene rings is 2. The molecule has 3 heterocycles. The first-order valence-corrected chi connectivity index (χ1v) is 15.7. The highest BCUT2D eigenvalue weighted by Gasteiger charge is 2.24. The van der Waals surface area contributed by atoms with Crippen molar-refractivity contribution in [2.45, 2.75) is 39.0 Å². The second-order valence-electron chi connectivity index (χ2n) is 9.02. The van der Waals surface area contributed by atoms with Crippen LogP contribution in [0.25, 0.3) is 16.1 Å². The first kappa shape index (κ1) is 26.7. The molecule has 8 nitrogen and oxygen atoms in total. The minimum atomic E-state index is -3.74. The van der Waals surface area contributed by atoms with Gasteiger partial charge in [0.2, 0.25) is 12.4 Å². The molecule has 0 saturated carbocycles. The van der Waals surface area contributed by atoms with Crippen LogP contribution in [-0.4, -0.2) is 58.5 Å². The molecule has 1 N–H and O–H groups in total. The number of hydrogen-bond donors (Lipinski definition) is 1. The van der Waals surface area contributed by atoms with E-state index in [1.54, 1.807) is 29.6 Å². The Balaban J connectivity index is 1.49. The molecule has 11 heteroatoms. The van der Waals surface area contributed by atoms with Gasteiger partial charge in [-0.25, -0.2) is 11.6 Å². The van der Waals surface area contributed by atoms with Gasteiger partial charge in [0.1, 0.15) is 0 Å². The van der Waals surface area contributed by atoms with Gasteiger partial charge in [-0.05, 0) is 36.8 Å². The first-order chi connectivity index (χ1) is 18.3. The van der Waals surface area contributed by atoms with Crippen molar-refractivity contribution in [1.82, 2.24) is 4.98 Å². The predicted molar refractivity (Wildman–Crippen MR) is 152 cm³/mol. The summed E-state index contributed by atoms with van der Waals surface area (Å²) in [6.45, 7) is 12.3. The van der Waals surface area contributed by atoms with Crippen molar-refractivity contribution in [2.75, 3.05) is 49.3 Å². The largest absolute Gasteiger partial charge is 0.378 e. The van der Waals surface area contributed by atoms with Crippen LogP contribution in [0.2, 0.25) is 0 Å². The number of anilines is 2. The number of pyridine rings is 1. The van der Waals surface area contributed by atoms with Crippen molar-refractivity contribution in [3.05, 3.63) is 59.9 Å². The van der Waals surface area contributed by atoms with Crippen LogP contribution in [0, 0.1) is 6.57 Å². The highest BCUT2D eigenvalue weighted by Crippen LogP contribution is 2.52. The fourth-order valence-corrected chi connectivity index (χ4v) is 7.15. The number of nitrogens with one attached hydrogen (secondary N) is 1. The highest BCUT2D eigenvalue weighted by atomic mass is 32.2. The zero-order valence-electron chi connectivity index (χ0n) is 21.1. The molecular weight excluding hydrogens is 541 g/mol. The molecule has 1 aromatic heterocycles. The topological polar surface area (TPSA) is 85.1 Å². The fourth-order valence-electron chi connectivity index (χ4n) is 4.35. The predicted octanol–water partition coefficient (Wildman–Crippen LogP) is 5.65. The fraction of sp³-hybridized carbons (Fsp3) is 0.333. The van der Waals surface area contributed by atoms with Crippen molar-refractivity contribution in [1.29, 1.82) is 0 Å². The van der Waals surface area contributed by atoms with E-state index in [1.807, 2.05) is 18.2 Å². The molecule has 1 atom stereocenters. The molecule has 1 saturated heterocycles. The van der Waals surface area contributed by atoms with E-state index in [9.17, 15) is 8.42 Å². The van der Waals surface area contributed by atoms with E-state index in [0.29, 0.717) is 38.5 Å². The zero-order valence-corrected chi connectivity index (χ0v) is 23.6. The smallest absolute Gasteiger partial charge is 0.307 e. The van der Waals surface area contributed by atoms with Gasteiger partial charge < -0.3 is 24.0 Å². The van der Waals surface area contributed by atoms with Crippen molar-refractivity contribution < 1.29 is 17.3 Å². The third-order valence-electron chi connectivity index (χ3n) is 6.21. The van der Waals surface area contributed by atoms with Gasteiger partial charge >= 0.3 is 10.1 Å². The molecule has 1 unspecified atom stereocenters. The summed E-state index contributed by atoms with van der Waals surface area (Å²) in [7, 11) is -3.74. The monoisotopic (exact) mass is 568 g/mol. The maximum Gasteiger partial charge on any atom is 0.307 e. The molecule has 2 aromatic carbocycles. The van der Waals surface area contributed by atoms with Crippen LogP contribution in [0.3, 0.4) is 0 Å². The van der Waals surface area contributed by atoms with Crippen LogP contribution in [-0.2, 0) is 14.9 Å². The van der Waals surface area contributed by atoms with E-state index < -0.39 is 10.1 Å². The van der Waals surface area contributed by atoms with Crippen LogP contribution < -0.4 is 14.4 Å². The van der Waals surface area contributed by atoms with Crippen LogP contribution in [0.15, 0.2) is 68.1 Å². The van der Waals surface area contributed by atoms with Gasteiger partial charge in [-0.2, -0.15) is 8.42 Å². The van der Waals surface area contributed by atoms with Crippen molar-refractivity contribution in [3.8, 4) is 17.1 Å². The molecule has 198 valence electrons. The van der Waals surface area contributed by atoms with Gasteiger partial charge in [0.05, 0.1) is 31.2 Å². The minimum absolute atomic E-state index is 0.0542. The van der Waals surface area contributed by atoms with Crippen LogP contribution in [0.1, 0.15) is 13.3 Å². The zero-order chi connectivity index (χ0) is 26.7. The van der Waals surface area contributed by atoms with E-state index in [0.717, 1.165) is 49.2 Å². The standard InChI is InChI=1S/C27H28N4O4S3/c1-4-18(17-28-2)29-19-8-9-23-25(14-19)36-24-7-5-6-21(27(24)37-23)22-15-20(31-10-12-34-13-11-31)16-26(30-22)35-38(3,32)33/h5-9,14-16,18,29H,4,10-13,17H2,1,3H3. The van der Waals surface area contributed by atoms with Gasteiger partial charge in [0.25, 0.3) is 0 Å². The van der Waals surface area contributed by atoms with E-state index in [2.05, 4.69) is 51.2 Å². The Hall–Kier alpha value is -2.91. The molecular formula is C27H28N4O4S3. The quantitative estimate of drug-likeness (QED) is 0.214. The second-order valence-corrected chi connectivity index (χ2v) is 12.7. The van der Waals surface area contributed by atoms with Crippen molar-refractivity contribution in [3.63, 3.8) is 0 Å². The van der Waals surface area contributed by atoms with E-state index in [-0.39, 0.29) is 11.9 Å².